The second-order valence-corrected chi connectivity index (χ2v) is 2.45. The average molecular weight is 172 g/mol. The summed E-state index contributed by atoms with van der Waals surface area (Å²) in [5.41, 5.74) is 0.954. The zero-order valence-corrected chi connectivity index (χ0v) is 6.88. The van der Waals surface area contributed by atoms with Crippen molar-refractivity contribution in [1.29, 1.82) is 0 Å². The highest BCUT2D eigenvalue weighted by molar-refractivity contribution is 5.53. The summed E-state index contributed by atoms with van der Waals surface area (Å²) in [6.45, 7) is 0. The van der Waals surface area contributed by atoms with Crippen LogP contribution in [0.1, 0.15) is 0 Å². The van der Waals surface area contributed by atoms with Gasteiger partial charge in [0.2, 0.25) is 0 Å². The van der Waals surface area contributed by atoms with Crippen LogP contribution in [-0.2, 0) is 0 Å². The molecule has 0 atom stereocenters. The third-order valence-electron chi connectivity index (χ3n) is 1.52. The number of anilines is 2. The molecule has 0 bridgehead atoms. The van der Waals surface area contributed by atoms with Gasteiger partial charge in [0.25, 0.3) is 0 Å². The van der Waals surface area contributed by atoms with Crippen molar-refractivity contribution in [2.24, 2.45) is 0 Å². The molecule has 2 aromatic heterocycles. The van der Waals surface area contributed by atoms with Crippen molar-refractivity contribution in [3.05, 3.63) is 43.1 Å². The molecule has 13 heavy (non-hydrogen) atoms. The lowest BCUT2D eigenvalue weighted by Gasteiger charge is -2.02. The Bertz CT molecular complexity index is 322. The van der Waals surface area contributed by atoms with Gasteiger partial charge in [-0.15, -0.1) is 0 Å². The fourth-order valence-corrected chi connectivity index (χ4v) is 0.947. The van der Waals surface area contributed by atoms with Crippen molar-refractivity contribution in [2.75, 3.05) is 5.32 Å². The van der Waals surface area contributed by atoms with Crippen LogP contribution in [0, 0.1) is 0 Å². The summed E-state index contributed by atoms with van der Waals surface area (Å²) in [5.74, 6) is 0.730. The lowest BCUT2D eigenvalue weighted by atomic mass is 10.4. The maximum absolute atomic E-state index is 4.08. The molecule has 64 valence electrons. The largest absolute Gasteiger partial charge is 0.339 e. The summed E-state index contributed by atoms with van der Waals surface area (Å²) < 4.78 is 0. The fourth-order valence-electron chi connectivity index (χ4n) is 0.947. The van der Waals surface area contributed by atoms with Crippen molar-refractivity contribution in [1.82, 2.24) is 15.0 Å². The summed E-state index contributed by atoms with van der Waals surface area (Å²) in [7, 11) is 0. The molecule has 4 heteroatoms. The van der Waals surface area contributed by atoms with Crippen LogP contribution in [0.4, 0.5) is 11.5 Å². The first-order valence-electron chi connectivity index (χ1n) is 3.88. The molecule has 0 aliphatic carbocycles. The molecule has 0 fully saturated rings. The van der Waals surface area contributed by atoms with Gasteiger partial charge in [-0.1, -0.05) is 0 Å². The maximum Gasteiger partial charge on any atom is 0.148 e. The molecule has 0 saturated heterocycles. The molecule has 0 aliphatic heterocycles. The Morgan fingerprint density at radius 1 is 0.923 bits per heavy atom. The third-order valence-corrected chi connectivity index (χ3v) is 1.52. The summed E-state index contributed by atoms with van der Waals surface area (Å²) in [5, 5.41) is 3.09. The monoisotopic (exact) mass is 172 g/mol. The highest BCUT2D eigenvalue weighted by Gasteiger charge is 1.92. The molecule has 4 nitrogen and oxygen atoms in total. The minimum atomic E-state index is 0.730. The molecule has 0 amide bonds. The van der Waals surface area contributed by atoms with Crippen LogP contribution in [0.15, 0.2) is 43.1 Å². The van der Waals surface area contributed by atoms with Crippen molar-refractivity contribution < 1.29 is 0 Å². The Balaban J connectivity index is 2.16. The normalized spacial score (nSPS) is 9.54. The van der Waals surface area contributed by atoms with Crippen LogP contribution in [-0.4, -0.2) is 15.0 Å². The number of pyridine rings is 1. The quantitative estimate of drug-likeness (QED) is 0.747. The van der Waals surface area contributed by atoms with Crippen molar-refractivity contribution in [2.45, 2.75) is 0 Å². The van der Waals surface area contributed by atoms with Crippen molar-refractivity contribution in [3.8, 4) is 0 Å². The van der Waals surface area contributed by atoms with Gasteiger partial charge >= 0.3 is 0 Å². The van der Waals surface area contributed by atoms with E-state index in [2.05, 4.69) is 20.3 Å². The summed E-state index contributed by atoms with van der Waals surface area (Å²) >= 11 is 0. The van der Waals surface area contributed by atoms with E-state index in [0.717, 1.165) is 11.5 Å². The van der Waals surface area contributed by atoms with Crippen LogP contribution >= 0.6 is 0 Å². The van der Waals surface area contributed by atoms with Crippen LogP contribution < -0.4 is 5.32 Å². The van der Waals surface area contributed by atoms with Gasteiger partial charge in [-0.05, 0) is 12.1 Å². The highest BCUT2D eigenvalue weighted by atomic mass is 15.0. The first-order valence-corrected chi connectivity index (χ1v) is 3.88. The van der Waals surface area contributed by atoms with Gasteiger partial charge in [-0.3, -0.25) is 9.97 Å². The first kappa shape index (κ1) is 7.67. The Hall–Kier alpha value is -1.97. The lowest BCUT2D eigenvalue weighted by Crippen LogP contribution is -1.93. The number of aromatic nitrogens is 3. The summed E-state index contributed by atoms with van der Waals surface area (Å²) in [6, 6.07) is 3.74. The van der Waals surface area contributed by atoms with Gasteiger partial charge in [0.15, 0.2) is 0 Å². The van der Waals surface area contributed by atoms with Gasteiger partial charge in [0.05, 0.1) is 6.20 Å². The van der Waals surface area contributed by atoms with Crippen LogP contribution in [0.25, 0.3) is 0 Å². The van der Waals surface area contributed by atoms with Gasteiger partial charge in [0.1, 0.15) is 5.82 Å². The number of nitrogens with zero attached hydrogens (tertiary/aromatic N) is 3. The van der Waals surface area contributed by atoms with Crippen molar-refractivity contribution >= 4 is 11.5 Å². The van der Waals surface area contributed by atoms with E-state index >= 15 is 0 Å². The van der Waals surface area contributed by atoms with E-state index in [-0.39, 0.29) is 0 Å². The van der Waals surface area contributed by atoms with Gasteiger partial charge in [-0.2, -0.15) is 0 Å². The molecule has 0 aromatic carbocycles. The summed E-state index contributed by atoms with van der Waals surface area (Å²) in [6.07, 6.45) is 8.39. The molecule has 1 N–H and O–H groups in total. The highest BCUT2D eigenvalue weighted by Crippen LogP contribution is 2.10. The van der Waals surface area contributed by atoms with Crippen LogP contribution in [0.5, 0.6) is 0 Å². The molecule has 2 rings (SSSR count). The molecular formula is C9H8N4. The van der Waals surface area contributed by atoms with Gasteiger partial charge < -0.3 is 5.32 Å². The van der Waals surface area contributed by atoms with E-state index in [9.17, 15) is 0 Å². The van der Waals surface area contributed by atoms with E-state index in [1.54, 1.807) is 31.0 Å². The second-order valence-electron chi connectivity index (χ2n) is 2.45. The molecule has 2 aromatic rings. The zero-order valence-electron chi connectivity index (χ0n) is 6.88. The van der Waals surface area contributed by atoms with E-state index in [1.165, 1.54) is 0 Å². The molecular weight excluding hydrogens is 164 g/mol. The number of hydrogen-bond acceptors (Lipinski definition) is 4. The standard InChI is InChI=1S/C9H8N4/c1-3-10-4-2-8(1)13-9-7-11-5-6-12-9/h1-7H,(H,10,12,13). The van der Waals surface area contributed by atoms with E-state index in [4.69, 9.17) is 0 Å². The average Bonchev–Trinajstić information content (AvgIpc) is 2.21. The SMILES string of the molecule is c1cc(Nc2cnccn2)ccn1. The van der Waals surface area contributed by atoms with Gasteiger partial charge in [0, 0.05) is 30.5 Å². The minimum absolute atomic E-state index is 0.730. The molecule has 0 spiro atoms. The number of nitrogens with one attached hydrogen (secondary N) is 1. The van der Waals surface area contributed by atoms with Crippen molar-refractivity contribution in [3.63, 3.8) is 0 Å². The van der Waals surface area contributed by atoms with E-state index < -0.39 is 0 Å². The lowest BCUT2D eigenvalue weighted by molar-refractivity contribution is 1.19. The Morgan fingerprint density at radius 3 is 2.46 bits per heavy atom. The predicted octanol–water partition coefficient (Wildman–Crippen LogP) is 1.62. The molecule has 2 heterocycles. The topological polar surface area (TPSA) is 50.7 Å². The molecule has 0 saturated carbocycles. The summed E-state index contributed by atoms with van der Waals surface area (Å²) in [4.78, 5) is 11.9. The Kier molecular flexibility index (Phi) is 2.14. The molecule has 0 radical (unpaired) electrons. The van der Waals surface area contributed by atoms with E-state index in [0.29, 0.717) is 0 Å². The number of hydrogen-bond donors (Lipinski definition) is 1. The van der Waals surface area contributed by atoms with E-state index in [1.807, 2.05) is 12.1 Å². The Morgan fingerprint density at radius 2 is 1.77 bits per heavy atom. The maximum atomic E-state index is 4.08. The van der Waals surface area contributed by atoms with Gasteiger partial charge in [-0.25, -0.2) is 4.98 Å². The Labute approximate surface area is 75.7 Å². The van der Waals surface area contributed by atoms with Crippen LogP contribution in [0.2, 0.25) is 0 Å². The third kappa shape index (κ3) is 1.99. The minimum Gasteiger partial charge on any atom is -0.339 e. The predicted molar refractivity (Wildman–Crippen MR) is 49.6 cm³/mol. The number of rotatable bonds is 2. The smallest absolute Gasteiger partial charge is 0.148 e. The molecule has 0 unspecified atom stereocenters. The van der Waals surface area contributed by atoms with Crippen LogP contribution in [0.3, 0.4) is 0 Å². The molecule has 0 aliphatic rings. The first-order chi connectivity index (χ1) is 6.45. The zero-order chi connectivity index (χ0) is 8.93. The fraction of sp³-hybridized carbons (Fsp3) is 0. The second kappa shape index (κ2) is 3.62.